The van der Waals surface area contributed by atoms with Crippen molar-refractivity contribution in [2.24, 2.45) is 5.41 Å². The van der Waals surface area contributed by atoms with E-state index in [1.54, 1.807) is 0 Å². The molecule has 0 aliphatic carbocycles. The van der Waals surface area contributed by atoms with E-state index >= 15 is 0 Å². The van der Waals surface area contributed by atoms with Crippen molar-refractivity contribution >= 4 is 5.97 Å². The summed E-state index contributed by atoms with van der Waals surface area (Å²) in [6, 6.07) is 8.19. The lowest BCUT2D eigenvalue weighted by Gasteiger charge is -2.41. The molecule has 0 aromatic heterocycles. The van der Waals surface area contributed by atoms with Crippen molar-refractivity contribution in [2.75, 3.05) is 19.7 Å². The molecule has 1 fully saturated rings. The fraction of sp³-hybridized carbons (Fsp3) is 0.588. The minimum absolute atomic E-state index is 0.159. The number of aliphatic carboxylic acids is 1. The second-order valence-corrected chi connectivity index (χ2v) is 6.09. The number of carboxylic acids is 1. The van der Waals surface area contributed by atoms with Gasteiger partial charge in [0.05, 0.1) is 12.0 Å². The first kappa shape index (κ1) is 15.8. The Bertz CT molecular complexity index is 503. The van der Waals surface area contributed by atoms with Crippen LogP contribution < -0.4 is 4.74 Å². The molecular weight excluding hydrogens is 266 g/mol. The summed E-state index contributed by atoms with van der Waals surface area (Å²) in [4.78, 5) is 13.8. The number of nitrogens with zero attached hydrogens (tertiary/aromatic N) is 1. The van der Waals surface area contributed by atoms with E-state index in [0.29, 0.717) is 13.2 Å². The average Bonchev–Trinajstić information content (AvgIpc) is 2.47. The van der Waals surface area contributed by atoms with E-state index < -0.39 is 11.4 Å². The van der Waals surface area contributed by atoms with Crippen molar-refractivity contribution in [1.82, 2.24) is 4.90 Å². The largest absolute Gasteiger partial charge is 0.494 e. The van der Waals surface area contributed by atoms with Gasteiger partial charge in [-0.05, 0) is 46.2 Å². The molecule has 2 atom stereocenters. The molecule has 1 aliphatic heterocycles. The Morgan fingerprint density at radius 2 is 2.19 bits per heavy atom. The van der Waals surface area contributed by atoms with Crippen molar-refractivity contribution in [3.63, 3.8) is 0 Å². The predicted molar refractivity (Wildman–Crippen MR) is 82.6 cm³/mol. The number of benzene rings is 1. The van der Waals surface area contributed by atoms with Gasteiger partial charge in [0.2, 0.25) is 0 Å². The number of hydrogen-bond acceptors (Lipinski definition) is 3. The zero-order valence-corrected chi connectivity index (χ0v) is 13.1. The summed E-state index contributed by atoms with van der Waals surface area (Å²) in [6.07, 6.45) is 1.67. The second-order valence-electron chi connectivity index (χ2n) is 6.09. The Labute approximate surface area is 126 Å². The van der Waals surface area contributed by atoms with Gasteiger partial charge in [-0.3, -0.25) is 9.69 Å². The molecule has 1 aliphatic rings. The molecule has 1 aromatic rings. The highest BCUT2D eigenvalue weighted by Crippen LogP contribution is 2.36. The number of carboxylic acid groups (broad SMARTS) is 1. The Morgan fingerprint density at radius 1 is 1.48 bits per heavy atom. The molecule has 0 bridgehead atoms. The lowest BCUT2D eigenvalue weighted by molar-refractivity contribution is -0.151. The van der Waals surface area contributed by atoms with Gasteiger partial charge in [0, 0.05) is 18.2 Å². The highest BCUT2D eigenvalue weighted by atomic mass is 16.5. The van der Waals surface area contributed by atoms with Crippen molar-refractivity contribution in [3.05, 3.63) is 29.8 Å². The molecule has 1 aromatic carbocycles. The van der Waals surface area contributed by atoms with Crippen molar-refractivity contribution in [1.29, 1.82) is 0 Å². The Hall–Kier alpha value is -1.55. The van der Waals surface area contributed by atoms with Crippen LogP contribution in [0.4, 0.5) is 0 Å². The van der Waals surface area contributed by atoms with Gasteiger partial charge >= 0.3 is 5.97 Å². The number of rotatable bonds is 5. The Kier molecular flexibility index (Phi) is 4.88. The molecule has 1 heterocycles. The molecule has 2 rings (SSSR count). The number of para-hydroxylation sites is 1. The standard InChI is InChI=1S/C17H25NO3/c1-4-21-15-9-6-5-8-14(15)13(2)18-11-7-10-17(3,12-18)16(19)20/h5-6,8-9,13H,4,7,10-12H2,1-3H3,(H,19,20). The SMILES string of the molecule is CCOc1ccccc1C(C)N1CCCC(C)(C(=O)O)C1. The lowest BCUT2D eigenvalue weighted by atomic mass is 9.81. The smallest absolute Gasteiger partial charge is 0.310 e. The van der Waals surface area contributed by atoms with Crippen LogP contribution in [0.25, 0.3) is 0 Å². The van der Waals surface area contributed by atoms with Gasteiger partial charge in [-0.15, -0.1) is 0 Å². The predicted octanol–water partition coefficient (Wildman–Crippen LogP) is 3.33. The third-order valence-electron chi connectivity index (χ3n) is 4.46. The van der Waals surface area contributed by atoms with Crippen molar-refractivity contribution in [2.45, 2.75) is 39.7 Å². The fourth-order valence-electron chi connectivity index (χ4n) is 3.09. The molecule has 116 valence electrons. The van der Waals surface area contributed by atoms with Gasteiger partial charge < -0.3 is 9.84 Å². The average molecular weight is 291 g/mol. The molecule has 0 spiro atoms. The maximum atomic E-state index is 11.5. The van der Waals surface area contributed by atoms with Gasteiger partial charge in [0.25, 0.3) is 0 Å². The Morgan fingerprint density at radius 3 is 2.86 bits per heavy atom. The number of hydrogen-bond donors (Lipinski definition) is 1. The van der Waals surface area contributed by atoms with Crippen LogP contribution in [0.1, 0.15) is 45.2 Å². The summed E-state index contributed by atoms with van der Waals surface area (Å²) < 4.78 is 5.71. The van der Waals surface area contributed by atoms with E-state index in [9.17, 15) is 9.90 Å². The van der Waals surface area contributed by atoms with Crippen LogP contribution in [0.5, 0.6) is 5.75 Å². The minimum atomic E-state index is -0.697. The van der Waals surface area contributed by atoms with Gasteiger partial charge in [-0.2, -0.15) is 0 Å². The number of ether oxygens (including phenoxy) is 1. The quantitative estimate of drug-likeness (QED) is 0.904. The number of likely N-dealkylation sites (tertiary alicyclic amines) is 1. The molecule has 2 unspecified atom stereocenters. The zero-order valence-electron chi connectivity index (χ0n) is 13.1. The summed E-state index contributed by atoms with van der Waals surface area (Å²) in [5.41, 5.74) is 0.488. The second kappa shape index (κ2) is 6.48. The third kappa shape index (κ3) is 3.38. The van der Waals surface area contributed by atoms with E-state index in [1.165, 1.54) is 0 Å². The molecule has 4 nitrogen and oxygen atoms in total. The van der Waals surface area contributed by atoms with Crippen molar-refractivity contribution in [3.8, 4) is 5.75 Å². The van der Waals surface area contributed by atoms with Crippen molar-refractivity contribution < 1.29 is 14.6 Å². The molecule has 0 saturated carbocycles. The maximum absolute atomic E-state index is 11.5. The van der Waals surface area contributed by atoms with Gasteiger partial charge in [0.1, 0.15) is 5.75 Å². The molecule has 21 heavy (non-hydrogen) atoms. The zero-order chi connectivity index (χ0) is 15.5. The molecular formula is C17H25NO3. The molecule has 1 saturated heterocycles. The fourth-order valence-corrected chi connectivity index (χ4v) is 3.09. The van der Waals surface area contributed by atoms with Crippen LogP contribution in [0.2, 0.25) is 0 Å². The van der Waals surface area contributed by atoms with E-state index in [-0.39, 0.29) is 6.04 Å². The Balaban J connectivity index is 2.20. The van der Waals surface area contributed by atoms with Crippen LogP contribution in [-0.4, -0.2) is 35.7 Å². The van der Waals surface area contributed by atoms with Gasteiger partial charge in [0.15, 0.2) is 0 Å². The van der Waals surface area contributed by atoms with Crippen LogP contribution in [0.15, 0.2) is 24.3 Å². The van der Waals surface area contributed by atoms with E-state index in [1.807, 2.05) is 32.0 Å². The molecule has 1 N–H and O–H groups in total. The normalized spacial score (nSPS) is 24.5. The molecule has 4 heteroatoms. The van der Waals surface area contributed by atoms with Crippen LogP contribution >= 0.6 is 0 Å². The lowest BCUT2D eigenvalue weighted by Crippen LogP contribution is -2.46. The number of carbonyl (C=O) groups is 1. The topological polar surface area (TPSA) is 49.8 Å². The highest BCUT2D eigenvalue weighted by molar-refractivity contribution is 5.74. The maximum Gasteiger partial charge on any atom is 0.310 e. The van der Waals surface area contributed by atoms with Crippen LogP contribution in [0, 0.1) is 5.41 Å². The summed E-state index contributed by atoms with van der Waals surface area (Å²) in [5, 5.41) is 9.46. The minimum Gasteiger partial charge on any atom is -0.494 e. The van der Waals surface area contributed by atoms with E-state index in [4.69, 9.17) is 4.74 Å². The first-order chi connectivity index (χ1) is 9.98. The molecule has 0 amide bonds. The molecule has 0 radical (unpaired) electrons. The van der Waals surface area contributed by atoms with Crippen LogP contribution in [-0.2, 0) is 4.79 Å². The first-order valence-electron chi connectivity index (χ1n) is 7.67. The van der Waals surface area contributed by atoms with Crippen LogP contribution in [0.3, 0.4) is 0 Å². The monoisotopic (exact) mass is 291 g/mol. The van der Waals surface area contributed by atoms with E-state index in [0.717, 1.165) is 30.7 Å². The van der Waals surface area contributed by atoms with Gasteiger partial charge in [-0.1, -0.05) is 18.2 Å². The first-order valence-corrected chi connectivity index (χ1v) is 7.67. The summed E-state index contributed by atoms with van der Waals surface area (Å²) in [6.45, 7) is 8.11. The summed E-state index contributed by atoms with van der Waals surface area (Å²) >= 11 is 0. The van der Waals surface area contributed by atoms with Gasteiger partial charge in [-0.25, -0.2) is 0 Å². The summed E-state index contributed by atoms with van der Waals surface area (Å²) in [5.74, 6) is 0.201. The van der Waals surface area contributed by atoms with E-state index in [2.05, 4.69) is 17.9 Å². The third-order valence-corrected chi connectivity index (χ3v) is 4.46. The number of piperidine rings is 1. The highest BCUT2D eigenvalue weighted by Gasteiger charge is 2.39. The summed E-state index contributed by atoms with van der Waals surface area (Å²) in [7, 11) is 0.